The highest BCUT2D eigenvalue weighted by atomic mass is 31.1. The lowest BCUT2D eigenvalue weighted by Crippen LogP contribution is -2.20. The van der Waals surface area contributed by atoms with E-state index in [2.05, 4.69) is 19.6 Å². The van der Waals surface area contributed by atoms with Crippen molar-refractivity contribution in [3.63, 3.8) is 0 Å². The molecule has 0 rings (SSSR count). The fourth-order valence-corrected chi connectivity index (χ4v) is 1.91. The van der Waals surface area contributed by atoms with Crippen molar-refractivity contribution in [3.8, 4) is 0 Å². The zero-order valence-electron chi connectivity index (χ0n) is 7.89. The van der Waals surface area contributed by atoms with Crippen LogP contribution in [-0.2, 0) is 9.09 Å². The predicted molar refractivity (Wildman–Crippen MR) is 52.3 cm³/mol. The van der Waals surface area contributed by atoms with Crippen molar-refractivity contribution in [3.05, 3.63) is 0 Å². The van der Waals surface area contributed by atoms with Gasteiger partial charge in [0.05, 0.1) is 0 Å². The molecule has 0 aliphatic rings. The highest BCUT2D eigenvalue weighted by molar-refractivity contribution is 7.39. The summed E-state index contributed by atoms with van der Waals surface area (Å²) in [4.78, 5) is 0. The molecule has 0 amide bonds. The molecule has 0 aliphatic carbocycles. The summed E-state index contributed by atoms with van der Waals surface area (Å²) >= 11 is 0. The van der Waals surface area contributed by atoms with Crippen molar-refractivity contribution in [1.29, 1.82) is 0 Å². The van der Waals surface area contributed by atoms with Crippen molar-refractivity contribution in [1.82, 2.24) is 0 Å². The zero-order valence-corrected chi connectivity index (χ0v) is 9.78. The number of rotatable bonds is 5. The lowest BCUT2D eigenvalue weighted by atomic mass is 10.9. The second-order valence-corrected chi connectivity index (χ2v) is 11.0. The Morgan fingerprint density at radius 3 is 2.27 bits per heavy atom. The molecule has 0 heterocycles. The maximum atomic E-state index is 10.8. The second kappa shape index (κ2) is 5.02. The molecule has 11 heavy (non-hydrogen) atoms. The van der Waals surface area contributed by atoms with E-state index in [1.807, 2.05) is 6.92 Å². The van der Waals surface area contributed by atoms with E-state index in [-0.39, 0.29) is 0 Å². The van der Waals surface area contributed by atoms with Gasteiger partial charge in [0.1, 0.15) is 6.61 Å². The van der Waals surface area contributed by atoms with Gasteiger partial charge in [-0.1, -0.05) is 19.6 Å². The number of hydrogen-bond donors (Lipinski definition) is 0. The smallest absolute Gasteiger partial charge is 0.147 e. The molecule has 0 saturated heterocycles. The molecule has 1 unspecified atom stereocenters. The second-order valence-electron chi connectivity index (χ2n) is 3.79. The van der Waals surface area contributed by atoms with Gasteiger partial charge in [-0.05, 0) is 17.5 Å². The molecule has 0 radical (unpaired) electrons. The summed E-state index contributed by atoms with van der Waals surface area (Å²) in [5, 5.41) is 0. The summed E-state index contributed by atoms with van der Waals surface area (Å²) in [5.74, 6) is 0. The summed E-state index contributed by atoms with van der Waals surface area (Å²) in [6.07, 6.45) is 0.640. The summed E-state index contributed by atoms with van der Waals surface area (Å²) in [6, 6.07) is 1.11. The first kappa shape index (κ1) is 11.3. The van der Waals surface area contributed by atoms with E-state index in [4.69, 9.17) is 4.52 Å². The first-order valence-electron chi connectivity index (χ1n) is 4.03. The highest BCUT2D eigenvalue weighted by Gasteiger charge is 2.17. The minimum Gasteiger partial charge on any atom is -0.147 e. The van der Waals surface area contributed by atoms with Gasteiger partial charge < -0.3 is 0 Å². The topological polar surface area (TPSA) is 26.3 Å². The van der Waals surface area contributed by atoms with Gasteiger partial charge in [0.2, 0.25) is 0 Å². The average Bonchev–Trinajstić information content (AvgIpc) is 1.85. The molecule has 66 valence electrons. The maximum absolute atomic E-state index is 10.8. The molecule has 0 saturated carbocycles. The van der Waals surface area contributed by atoms with E-state index in [0.29, 0.717) is 12.8 Å². The molecule has 0 bridgehead atoms. The molecule has 2 nitrogen and oxygen atoms in total. The van der Waals surface area contributed by atoms with E-state index >= 15 is 0 Å². The Labute approximate surface area is 71.2 Å². The first-order valence-corrected chi connectivity index (χ1v) is 9.10. The third-order valence-electron chi connectivity index (χ3n) is 1.35. The third-order valence-corrected chi connectivity index (χ3v) is 4.04. The van der Waals surface area contributed by atoms with Crippen molar-refractivity contribution in [2.75, 3.05) is 12.8 Å². The average molecular weight is 193 g/mol. The van der Waals surface area contributed by atoms with Gasteiger partial charge in [0.15, 0.2) is 6.16 Å². The normalized spacial score (nSPS) is 13.3. The van der Waals surface area contributed by atoms with Crippen molar-refractivity contribution >= 4 is 16.1 Å². The molecular formula is C7H18O2PSi+. The van der Waals surface area contributed by atoms with Crippen LogP contribution in [0.2, 0.25) is 25.7 Å². The minimum atomic E-state index is -1.36. The van der Waals surface area contributed by atoms with Crippen molar-refractivity contribution in [2.24, 2.45) is 0 Å². The molecule has 0 aromatic rings. The Bertz CT molecular complexity index is 131. The van der Waals surface area contributed by atoms with Gasteiger partial charge in [-0.25, -0.2) is 0 Å². The molecule has 0 fully saturated rings. The van der Waals surface area contributed by atoms with Crippen LogP contribution in [0.5, 0.6) is 0 Å². The van der Waals surface area contributed by atoms with Crippen LogP contribution in [0, 0.1) is 0 Å². The lowest BCUT2D eigenvalue weighted by Gasteiger charge is -2.12. The fraction of sp³-hybridized carbons (Fsp3) is 1.00. The fourth-order valence-electron chi connectivity index (χ4n) is 0.545. The van der Waals surface area contributed by atoms with E-state index in [9.17, 15) is 4.57 Å². The van der Waals surface area contributed by atoms with Crippen molar-refractivity contribution in [2.45, 2.75) is 32.6 Å². The van der Waals surface area contributed by atoms with Crippen LogP contribution in [0.25, 0.3) is 0 Å². The first-order chi connectivity index (χ1) is 4.95. The maximum Gasteiger partial charge on any atom is 0.507 e. The van der Waals surface area contributed by atoms with Crippen LogP contribution in [-0.4, -0.2) is 20.8 Å². The van der Waals surface area contributed by atoms with Crippen molar-refractivity contribution < 1.29 is 9.09 Å². The molecule has 0 spiro atoms. The Hall–Kier alpha value is 0.277. The monoisotopic (exact) mass is 193 g/mol. The Kier molecular flexibility index (Phi) is 5.14. The molecule has 1 atom stereocenters. The number of hydrogen-bond acceptors (Lipinski definition) is 2. The lowest BCUT2D eigenvalue weighted by molar-refractivity contribution is 0.349. The van der Waals surface area contributed by atoms with Gasteiger partial charge in [0, 0.05) is 8.07 Å². The molecule has 0 N–H and O–H groups in total. The van der Waals surface area contributed by atoms with Crippen LogP contribution in [0.1, 0.15) is 6.92 Å². The van der Waals surface area contributed by atoms with E-state index in [1.54, 1.807) is 0 Å². The van der Waals surface area contributed by atoms with E-state index in [0.717, 1.165) is 6.04 Å². The van der Waals surface area contributed by atoms with Crippen LogP contribution < -0.4 is 0 Å². The SMILES string of the molecule is CC[P+](=O)OCC[Si](C)(C)C. The summed E-state index contributed by atoms with van der Waals surface area (Å²) < 4.78 is 16.0. The van der Waals surface area contributed by atoms with Gasteiger partial charge in [-0.2, -0.15) is 0 Å². The summed E-state index contributed by atoms with van der Waals surface area (Å²) in [6.45, 7) is 9.42. The van der Waals surface area contributed by atoms with Gasteiger partial charge in [-0.3, -0.25) is 0 Å². The van der Waals surface area contributed by atoms with Gasteiger partial charge in [0.25, 0.3) is 0 Å². The van der Waals surface area contributed by atoms with E-state index < -0.39 is 16.1 Å². The molecule has 0 aromatic heterocycles. The highest BCUT2D eigenvalue weighted by Crippen LogP contribution is 2.22. The largest absolute Gasteiger partial charge is 0.507 e. The molecule has 4 heteroatoms. The Morgan fingerprint density at radius 1 is 1.36 bits per heavy atom. The standard InChI is InChI=1S/C7H18O2PSi/c1-5-10(8)9-6-7-11(2,3)4/h5-7H2,1-4H3/q+1. The molecule has 0 aromatic carbocycles. The minimum absolute atomic E-state index is 0.640. The zero-order chi connectivity index (χ0) is 8.91. The quantitative estimate of drug-likeness (QED) is 0.495. The molecule has 0 aliphatic heterocycles. The van der Waals surface area contributed by atoms with Crippen LogP contribution >= 0.6 is 8.03 Å². The Balaban J connectivity index is 3.35. The molecular weight excluding hydrogens is 175 g/mol. The van der Waals surface area contributed by atoms with Gasteiger partial charge in [-0.15, -0.1) is 4.52 Å². The summed E-state index contributed by atoms with van der Waals surface area (Å²) in [7, 11) is -2.35. The third kappa shape index (κ3) is 8.18. The van der Waals surface area contributed by atoms with Gasteiger partial charge >= 0.3 is 8.03 Å². The predicted octanol–water partition coefficient (Wildman–Crippen LogP) is 3.10. The van der Waals surface area contributed by atoms with E-state index in [1.165, 1.54) is 0 Å². The Morgan fingerprint density at radius 2 is 1.91 bits per heavy atom. The van der Waals surface area contributed by atoms with Crippen LogP contribution in [0.3, 0.4) is 0 Å². The van der Waals surface area contributed by atoms with Crippen LogP contribution in [0.15, 0.2) is 0 Å². The summed E-state index contributed by atoms with van der Waals surface area (Å²) in [5.41, 5.74) is 0. The van der Waals surface area contributed by atoms with Crippen LogP contribution in [0.4, 0.5) is 0 Å².